The van der Waals surface area contributed by atoms with E-state index < -0.39 is 0 Å². The van der Waals surface area contributed by atoms with Gasteiger partial charge in [-0.3, -0.25) is 4.90 Å². The molecule has 1 aliphatic rings. The third kappa shape index (κ3) is 4.01. The molecule has 0 spiro atoms. The predicted octanol–water partition coefficient (Wildman–Crippen LogP) is 1.84. The van der Waals surface area contributed by atoms with Crippen molar-refractivity contribution in [3.05, 3.63) is 48.1 Å². The lowest BCUT2D eigenvalue weighted by atomic mass is 10.3. The number of guanidine groups is 1. The molecule has 0 radical (unpaired) electrons. The number of imidazole rings is 1. The summed E-state index contributed by atoms with van der Waals surface area (Å²) in [7, 11) is 2.05. The molecule has 8 nitrogen and oxygen atoms in total. The first-order valence-corrected chi connectivity index (χ1v) is 9.80. The lowest BCUT2D eigenvalue weighted by Gasteiger charge is -2.36. The zero-order chi connectivity index (χ0) is 19.3. The molecule has 1 aliphatic heterocycles. The maximum atomic E-state index is 4.93. The summed E-state index contributed by atoms with van der Waals surface area (Å²) in [5, 5.41) is 7.44. The van der Waals surface area contributed by atoms with Crippen LogP contribution in [0, 0.1) is 0 Å². The Morgan fingerprint density at radius 3 is 2.71 bits per heavy atom. The van der Waals surface area contributed by atoms with Crippen molar-refractivity contribution in [2.45, 2.75) is 20.0 Å². The highest BCUT2D eigenvalue weighted by molar-refractivity contribution is 5.80. The van der Waals surface area contributed by atoms with E-state index in [-0.39, 0.29) is 0 Å². The average Bonchev–Trinajstić information content (AvgIpc) is 3.34. The first-order chi connectivity index (χ1) is 13.7. The molecule has 1 aromatic carbocycles. The second-order valence-corrected chi connectivity index (χ2v) is 7.00. The fourth-order valence-electron chi connectivity index (χ4n) is 3.57. The summed E-state index contributed by atoms with van der Waals surface area (Å²) in [4.78, 5) is 14.3. The number of piperazine rings is 1. The van der Waals surface area contributed by atoms with E-state index in [0.29, 0.717) is 6.54 Å². The Kier molecular flexibility index (Phi) is 5.57. The Bertz CT molecular complexity index is 923. The van der Waals surface area contributed by atoms with Gasteiger partial charge in [0.15, 0.2) is 5.96 Å². The van der Waals surface area contributed by atoms with Gasteiger partial charge in [-0.05, 0) is 19.1 Å². The Balaban J connectivity index is 1.41. The van der Waals surface area contributed by atoms with Crippen LogP contribution in [0.25, 0.3) is 11.0 Å². The molecule has 2 aromatic heterocycles. The van der Waals surface area contributed by atoms with Gasteiger partial charge < -0.3 is 19.3 Å². The lowest BCUT2D eigenvalue weighted by Crippen LogP contribution is -2.52. The number of aryl methyl sites for hydroxylation is 1. The fraction of sp³-hybridized carbons (Fsp3) is 0.450. The minimum atomic E-state index is 0.562. The summed E-state index contributed by atoms with van der Waals surface area (Å²) < 4.78 is 7.05. The molecule has 0 unspecified atom stereocenters. The molecule has 0 bridgehead atoms. The van der Waals surface area contributed by atoms with Gasteiger partial charge in [0.05, 0.1) is 16.7 Å². The average molecular weight is 381 g/mol. The number of aliphatic imine (C=N–C) groups is 1. The zero-order valence-corrected chi connectivity index (χ0v) is 16.5. The molecule has 0 atom stereocenters. The number of fused-ring (bicyclic) bond motifs is 1. The number of nitrogens with zero attached hydrogens (tertiary/aromatic N) is 6. The minimum absolute atomic E-state index is 0.562. The maximum absolute atomic E-state index is 4.93. The number of para-hydroxylation sites is 2. The molecule has 4 rings (SSSR count). The van der Waals surface area contributed by atoms with Gasteiger partial charge in [-0.2, -0.15) is 0 Å². The van der Waals surface area contributed by atoms with Crippen molar-refractivity contribution < 1.29 is 4.52 Å². The smallest absolute Gasteiger partial charge is 0.194 e. The van der Waals surface area contributed by atoms with E-state index in [2.05, 4.69) is 44.9 Å². The number of benzene rings is 1. The van der Waals surface area contributed by atoms with Crippen LogP contribution in [0.15, 0.2) is 46.1 Å². The summed E-state index contributed by atoms with van der Waals surface area (Å²) in [6.07, 6.45) is 1.63. The third-order valence-corrected chi connectivity index (χ3v) is 5.13. The maximum Gasteiger partial charge on any atom is 0.194 e. The van der Waals surface area contributed by atoms with Crippen molar-refractivity contribution in [3.63, 3.8) is 0 Å². The molecule has 3 aromatic rings. The van der Waals surface area contributed by atoms with Crippen molar-refractivity contribution in [2.75, 3.05) is 32.7 Å². The Morgan fingerprint density at radius 2 is 2.00 bits per heavy atom. The van der Waals surface area contributed by atoms with E-state index >= 15 is 0 Å². The summed E-state index contributed by atoms with van der Waals surface area (Å²) in [5.41, 5.74) is 3.14. The van der Waals surface area contributed by atoms with Gasteiger partial charge in [0.25, 0.3) is 0 Å². The first kappa shape index (κ1) is 18.5. The van der Waals surface area contributed by atoms with Crippen LogP contribution in [0.1, 0.15) is 18.4 Å². The van der Waals surface area contributed by atoms with Crippen molar-refractivity contribution in [3.8, 4) is 0 Å². The summed E-state index contributed by atoms with van der Waals surface area (Å²) >= 11 is 0. The molecule has 28 heavy (non-hydrogen) atoms. The zero-order valence-electron chi connectivity index (χ0n) is 16.5. The number of aromatic nitrogens is 3. The van der Waals surface area contributed by atoms with E-state index in [0.717, 1.165) is 67.8 Å². The van der Waals surface area contributed by atoms with Gasteiger partial charge in [0.2, 0.25) is 0 Å². The van der Waals surface area contributed by atoms with Crippen LogP contribution in [0.4, 0.5) is 0 Å². The van der Waals surface area contributed by atoms with Gasteiger partial charge in [0, 0.05) is 52.4 Å². The molecular weight excluding hydrogens is 354 g/mol. The predicted molar refractivity (Wildman–Crippen MR) is 109 cm³/mol. The number of hydrogen-bond acceptors (Lipinski definition) is 5. The Morgan fingerprint density at radius 1 is 1.18 bits per heavy atom. The van der Waals surface area contributed by atoms with Gasteiger partial charge in [-0.1, -0.05) is 17.3 Å². The van der Waals surface area contributed by atoms with Crippen molar-refractivity contribution in [1.82, 2.24) is 29.8 Å². The standard InChI is InChI=1S/C20H27N7O/c1-3-21-20(22-14-19-23-17-6-4-5-7-18(17)25(19)2)27-11-9-26(10-12-27)15-16-8-13-28-24-16/h4-8,13H,3,9-12,14-15H2,1-2H3,(H,21,22). The summed E-state index contributed by atoms with van der Waals surface area (Å²) in [6, 6.07) is 10.1. The van der Waals surface area contributed by atoms with E-state index in [4.69, 9.17) is 14.5 Å². The quantitative estimate of drug-likeness (QED) is 0.537. The first-order valence-electron chi connectivity index (χ1n) is 9.80. The van der Waals surface area contributed by atoms with Gasteiger partial charge in [0.1, 0.15) is 18.6 Å². The highest BCUT2D eigenvalue weighted by Crippen LogP contribution is 2.15. The molecule has 0 saturated carbocycles. The van der Waals surface area contributed by atoms with Crippen LogP contribution >= 0.6 is 0 Å². The second-order valence-electron chi connectivity index (χ2n) is 7.00. The van der Waals surface area contributed by atoms with E-state index in [1.165, 1.54) is 0 Å². The molecule has 1 fully saturated rings. The van der Waals surface area contributed by atoms with Crippen LogP contribution in [0.3, 0.4) is 0 Å². The van der Waals surface area contributed by atoms with Crippen molar-refractivity contribution >= 4 is 17.0 Å². The topological polar surface area (TPSA) is 74.7 Å². The highest BCUT2D eigenvalue weighted by atomic mass is 16.5. The van der Waals surface area contributed by atoms with Crippen molar-refractivity contribution in [2.24, 2.45) is 12.0 Å². The number of rotatable bonds is 5. The fourth-order valence-corrected chi connectivity index (χ4v) is 3.57. The van der Waals surface area contributed by atoms with Gasteiger partial charge >= 0.3 is 0 Å². The Hall–Kier alpha value is -2.87. The van der Waals surface area contributed by atoms with E-state index in [1.807, 2.05) is 24.3 Å². The SMILES string of the molecule is CCNC(=NCc1nc2ccccc2n1C)N1CCN(Cc2ccon2)CC1. The highest BCUT2D eigenvalue weighted by Gasteiger charge is 2.20. The molecule has 0 amide bonds. The molecule has 8 heteroatoms. The molecular formula is C20H27N7O. The largest absolute Gasteiger partial charge is 0.364 e. The Labute approximate surface area is 164 Å². The normalized spacial score (nSPS) is 16.1. The van der Waals surface area contributed by atoms with Crippen LogP contribution < -0.4 is 5.32 Å². The third-order valence-electron chi connectivity index (χ3n) is 5.13. The second kappa shape index (κ2) is 8.43. The van der Waals surface area contributed by atoms with E-state index in [9.17, 15) is 0 Å². The number of nitrogens with one attached hydrogen (secondary N) is 1. The lowest BCUT2D eigenvalue weighted by molar-refractivity contribution is 0.169. The van der Waals surface area contributed by atoms with Crippen molar-refractivity contribution in [1.29, 1.82) is 0 Å². The van der Waals surface area contributed by atoms with Gasteiger partial charge in [-0.15, -0.1) is 0 Å². The molecule has 148 valence electrons. The summed E-state index contributed by atoms with van der Waals surface area (Å²) in [6.45, 7) is 8.17. The summed E-state index contributed by atoms with van der Waals surface area (Å²) in [5.74, 6) is 1.93. The molecule has 0 aliphatic carbocycles. The van der Waals surface area contributed by atoms with Crippen LogP contribution in [-0.4, -0.2) is 63.2 Å². The van der Waals surface area contributed by atoms with E-state index in [1.54, 1.807) is 6.26 Å². The van der Waals surface area contributed by atoms with Crippen LogP contribution in [0.2, 0.25) is 0 Å². The number of hydrogen-bond donors (Lipinski definition) is 1. The van der Waals surface area contributed by atoms with Gasteiger partial charge in [-0.25, -0.2) is 9.98 Å². The molecule has 1 N–H and O–H groups in total. The monoisotopic (exact) mass is 381 g/mol. The van der Waals surface area contributed by atoms with Crippen LogP contribution in [0.5, 0.6) is 0 Å². The molecule has 3 heterocycles. The molecule has 1 saturated heterocycles. The van der Waals surface area contributed by atoms with Crippen LogP contribution in [-0.2, 0) is 20.1 Å². The minimum Gasteiger partial charge on any atom is -0.364 e.